The second-order valence-electron chi connectivity index (χ2n) is 8.04. The van der Waals surface area contributed by atoms with Gasteiger partial charge < -0.3 is 10.2 Å². The summed E-state index contributed by atoms with van der Waals surface area (Å²) in [6.07, 6.45) is 0. The van der Waals surface area contributed by atoms with Gasteiger partial charge in [0.05, 0.1) is 10.6 Å². The molecule has 0 bridgehead atoms. The number of rotatable bonds is 9. The van der Waals surface area contributed by atoms with Crippen LogP contribution in [0.25, 0.3) is 0 Å². The summed E-state index contributed by atoms with van der Waals surface area (Å²) < 4.78 is 29.3. The molecular weight excluding hydrogens is 577 g/mol. The average molecular weight is 605 g/mol. The van der Waals surface area contributed by atoms with E-state index in [0.717, 1.165) is 19.0 Å². The highest BCUT2D eigenvalue weighted by molar-refractivity contribution is 14.1. The van der Waals surface area contributed by atoms with E-state index in [4.69, 9.17) is 0 Å². The molecule has 3 rings (SSSR count). The van der Waals surface area contributed by atoms with Gasteiger partial charge in [-0.15, -0.1) is 0 Å². The maximum atomic E-state index is 13.7. The van der Waals surface area contributed by atoms with Gasteiger partial charge in [0.1, 0.15) is 12.6 Å². The molecule has 1 atom stereocenters. The van der Waals surface area contributed by atoms with Crippen LogP contribution in [0.3, 0.4) is 0 Å². The summed E-state index contributed by atoms with van der Waals surface area (Å²) in [6.45, 7) is 3.28. The molecule has 0 aromatic heterocycles. The molecule has 9 heteroatoms. The van der Waals surface area contributed by atoms with Crippen molar-refractivity contribution in [2.24, 2.45) is 0 Å². The van der Waals surface area contributed by atoms with E-state index in [1.807, 2.05) is 31.2 Å². The van der Waals surface area contributed by atoms with E-state index in [1.165, 1.54) is 24.1 Å². The van der Waals surface area contributed by atoms with Crippen molar-refractivity contribution in [3.63, 3.8) is 0 Å². The average Bonchev–Trinajstić information content (AvgIpc) is 2.86. The number of likely N-dealkylation sites (N-methyl/N-ethyl adjacent to an activating group) is 1. The number of carbonyl (C=O) groups is 2. The Morgan fingerprint density at radius 2 is 1.54 bits per heavy atom. The lowest BCUT2D eigenvalue weighted by molar-refractivity contribution is -0.139. The lowest BCUT2D eigenvalue weighted by atomic mass is 10.1. The number of nitrogens with zero attached hydrogens (tertiary/aromatic N) is 2. The van der Waals surface area contributed by atoms with Crippen molar-refractivity contribution < 1.29 is 18.0 Å². The van der Waals surface area contributed by atoms with Crippen molar-refractivity contribution in [2.45, 2.75) is 31.3 Å². The van der Waals surface area contributed by atoms with Gasteiger partial charge in [-0.05, 0) is 84.0 Å². The van der Waals surface area contributed by atoms with Gasteiger partial charge in [-0.25, -0.2) is 8.42 Å². The second kappa shape index (κ2) is 11.7. The lowest BCUT2D eigenvalue weighted by Crippen LogP contribution is -2.50. The van der Waals surface area contributed by atoms with Gasteiger partial charge in [0.15, 0.2) is 0 Å². The normalized spacial score (nSPS) is 12.0. The molecule has 0 saturated heterocycles. The van der Waals surface area contributed by atoms with Crippen LogP contribution >= 0.6 is 22.6 Å². The maximum absolute atomic E-state index is 13.7. The molecular formula is C26H28IN3O4S. The SMILES string of the molecule is CNC(=O)C(C)N(Cc1ccccc1C)C(=O)CN(c1ccc(I)cc1)S(=O)(=O)c1ccccc1. The van der Waals surface area contributed by atoms with E-state index in [-0.39, 0.29) is 17.3 Å². The molecule has 184 valence electrons. The minimum absolute atomic E-state index is 0.0798. The van der Waals surface area contributed by atoms with E-state index in [2.05, 4.69) is 27.9 Å². The molecule has 0 aliphatic carbocycles. The first kappa shape index (κ1) is 26.7. The van der Waals surface area contributed by atoms with Gasteiger partial charge in [0.2, 0.25) is 11.8 Å². The smallest absolute Gasteiger partial charge is 0.264 e. The molecule has 1 N–H and O–H groups in total. The Bertz CT molecular complexity index is 1280. The van der Waals surface area contributed by atoms with Crippen LogP contribution in [0.1, 0.15) is 18.1 Å². The Kier molecular flexibility index (Phi) is 8.90. The van der Waals surface area contributed by atoms with Crippen molar-refractivity contribution in [3.05, 3.63) is 93.6 Å². The number of benzene rings is 3. The third-order valence-corrected chi connectivity index (χ3v) is 8.25. The van der Waals surface area contributed by atoms with Gasteiger partial charge in [0.25, 0.3) is 10.0 Å². The molecule has 1 unspecified atom stereocenters. The minimum Gasteiger partial charge on any atom is -0.357 e. The summed E-state index contributed by atoms with van der Waals surface area (Å²) >= 11 is 2.14. The van der Waals surface area contributed by atoms with Gasteiger partial charge in [-0.1, -0.05) is 42.5 Å². The van der Waals surface area contributed by atoms with Crippen LogP contribution in [0.4, 0.5) is 5.69 Å². The predicted molar refractivity (Wildman–Crippen MR) is 145 cm³/mol. The number of hydrogen-bond donors (Lipinski definition) is 1. The van der Waals surface area contributed by atoms with Crippen LogP contribution in [0, 0.1) is 10.5 Å². The van der Waals surface area contributed by atoms with Gasteiger partial charge in [0, 0.05) is 17.2 Å². The summed E-state index contributed by atoms with van der Waals surface area (Å²) in [5.41, 5.74) is 2.22. The van der Waals surface area contributed by atoms with Crippen molar-refractivity contribution in [1.82, 2.24) is 10.2 Å². The molecule has 35 heavy (non-hydrogen) atoms. The van der Waals surface area contributed by atoms with Gasteiger partial charge >= 0.3 is 0 Å². The molecule has 3 aromatic carbocycles. The van der Waals surface area contributed by atoms with E-state index < -0.39 is 28.5 Å². The minimum atomic E-state index is -4.05. The molecule has 0 fully saturated rings. The van der Waals surface area contributed by atoms with Crippen molar-refractivity contribution in [1.29, 1.82) is 0 Å². The monoisotopic (exact) mass is 605 g/mol. The number of amides is 2. The summed E-state index contributed by atoms with van der Waals surface area (Å²) in [5, 5.41) is 2.58. The molecule has 2 amide bonds. The van der Waals surface area contributed by atoms with Crippen LogP contribution in [0.2, 0.25) is 0 Å². The Morgan fingerprint density at radius 1 is 0.943 bits per heavy atom. The Hall–Kier alpha value is -2.92. The first-order valence-corrected chi connectivity index (χ1v) is 13.6. The summed E-state index contributed by atoms with van der Waals surface area (Å²) in [5.74, 6) is -0.818. The van der Waals surface area contributed by atoms with E-state index in [1.54, 1.807) is 49.4 Å². The molecule has 0 radical (unpaired) electrons. The highest BCUT2D eigenvalue weighted by atomic mass is 127. The third kappa shape index (κ3) is 6.40. The molecule has 3 aromatic rings. The van der Waals surface area contributed by atoms with E-state index >= 15 is 0 Å². The van der Waals surface area contributed by atoms with Gasteiger partial charge in [-0.2, -0.15) is 0 Å². The standard InChI is InChI=1S/C26H28IN3O4S/c1-19-9-7-8-10-21(19)17-29(20(2)26(32)28-3)25(31)18-30(23-15-13-22(27)14-16-23)35(33,34)24-11-5-4-6-12-24/h4-16,20H,17-18H2,1-3H3,(H,28,32). The van der Waals surface area contributed by atoms with E-state index in [0.29, 0.717) is 5.69 Å². The number of hydrogen-bond acceptors (Lipinski definition) is 4. The zero-order valence-electron chi connectivity index (χ0n) is 19.8. The molecule has 0 aliphatic rings. The second-order valence-corrected chi connectivity index (χ2v) is 11.1. The van der Waals surface area contributed by atoms with Crippen LogP contribution in [-0.4, -0.2) is 44.8 Å². The first-order chi connectivity index (χ1) is 16.6. The van der Waals surface area contributed by atoms with Crippen LogP contribution in [-0.2, 0) is 26.2 Å². The summed E-state index contributed by atoms with van der Waals surface area (Å²) in [7, 11) is -2.54. The lowest BCUT2D eigenvalue weighted by Gasteiger charge is -2.32. The Morgan fingerprint density at radius 3 is 2.14 bits per heavy atom. The zero-order chi connectivity index (χ0) is 25.6. The molecule has 0 spiro atoms. The Labute approximate surface area is 220 Å². The van der Waals surface area contributed by atoms with Crippen LogP contribution in [0.5, 0.6) is 0 Å². The molecule has 7 nitrogen and oxygen atoms in total. The zero-order valence-corrected chi connectivity index (χ0v) is 22.8. The fourth-order valence-corrected chi connectivity index (χ4v) is 5.41. The molecule has 0 saturated carbocycles. The topological polar surface area (TPSA) is 86.8 Å². The quantitative estimate of drug-likeness (QED) is 0.375. The highest BCUT2D eigenvalue weighted by Crippen LogP contribution is 2.25. The number of sulfonamides is 1. The number of anilines is 1. The van der Waals surface area contributed by atoms with Gasteiger partial charge in [-0.3, -0.25) is 13.9 Å². The third-order valence-electron chi connectivity index (χ3n) is 5.74. The van der Waals surface area contributed by atoms with E-state index in [9.17, 15) is 18.0 Å². The van der Waals surface area contributed by atoms with Crippen molar-refractivity contribution in [2.75, 3.05) is 17.9 Å². The predicted octanol–water partition coefficient (Wildman–Crippen LogP) is 3.96. The largest absolute Gasteiger partial charge is 0.357 e. The Balaban J connectivity index is 2.02. The number of aryl methyl sites for hydroxylation is 1. The number of nitrogens with one attached hydrogen (secondary N) is 1. The fraction of sp³-hybridized carbons (Fsp3) is 0.231. The summed E-state index contributed by atoms with van der Waals surface area (Å²) in [4.78, 5) is 27.7. The number of carbonyl (C=O) groups excluding carboxylic acids is 2. The summed E-state index contributed by atoms with van der Waals surface area (Å²) in [6, 6.07) is 21.7. The first-order valence-electron chi connectivity index (χ1n) is 11.0. The highest BCUT2D eigenvalue weighted by Gasteiger charge is 2.32. The van der Waals surface area contributed by atoms with Crippen LogP contribution < -0.4 is 9.62 Å². The fourth-order valence-electron chi connectivity index (χ4n) is 3.62. The number of halogens is 1. The molecule has 0 aliphatic heterocycles. The maximum Gasteiger partial charge on any atom is 0.264 e. The van der Waals surface area contributed by atoms with Crippen LogP contribution in [0.15, 0.2) is 83.8 Å². The molecule has 0 heterocycles. The van der Waals surface area contributed by atoms with Crippen molar-refractivity contribution in [3.8, 4) is 0 Å². The van der Waals surface area contributed by atoms with Crippen molar-refractivity contribution >= 4 is 50.1 Å².